The molecular weight excluding hydrogens is 552 g/mol. The van der Waals surface area contributed by atoms with Gasteiger partial charge in [0.15, 0.2) is 28.8 Å². The molecule has 0 aromatic heterocycles. The third-order valence-electron chi connectivity index (χ3n) is 10.0. The Morgan fingerprint density at radius 2 is 1.50 bits per heavy atom. The minimum absolute atomic E-state index is 0.0110. The minimum Gasteiger partial charge on any atom is -0.506 e. The summed E-state index contributed by atoms with van der Waals surface area (Å²) in [6.45, 7) is 21.9. The summed E-state index contributed by atoms with van der Waals surface area (Å²) in [4.78, 5) is 44.9. The van der Waals surface area contributed by atoms with Crippen molar-refractivity contribution in [1.82, 2.24) is 0 Å². The van der Waals surface area contributed by atoms with Crippen LogP contribution >= 0.6 is 0 Å². The Morgan fingerprint density at radius 3 is 2.02 bits per heavy atom. The number of phenols is 2. The van der Waals surface area contributed by atoms with Crippen LogP contribution in [0.4, 0.5) is 0 Å². The fourth-order valence-corrected chi connectivity index (χ4v) is 7.08. The first-order valence-electron chi connectivity index (χ1n) is 15.5. The molecule has 2 fully saturated rings. The van der Waals surface area contributed by atoms with Gasteiger partial charge in [-0.3, -0.25) is 14.4 Å². The summed E-state index contributed by atoms with van der Waals surface area (Å²) in [6, 6.07) is 3.65. The smallest absolute Gasteiger partial charge is 0.184 e. The Kier molecular flexibility index (Phi) is 10.1. The molecule has 4 atom stereocenters. The molecule has 0 unspecified atom stereocenters. The topological polar surface area (TPSA) is 112 Å². The van der Waals surface area contributed by atoms with Crippen LogP contribution in [-0.2, 0) is 14.4 Å². The highest BCUT2D eigenvalue weighted by Crippen LogP contribution is 2.66. The number of carbonyl (C=O) groups is 3. The highest BCUT2D eigenvalue weighted by molar-refractivity contribution is 6.41. The predicted octanol–water partition coefficient (Wildman–Crippen LogP) is 8.76. The lowest BCUT2D eigenvalue weighted by Gasteiger charge is -2.60. The van der Waals surface area contributed by atoms with Crippen LogP contribution in [0, 0.1) is 28.1 Å². The van der Waals surface area contributed by atoms with E-state index in [9.17, 15) is 24.9 Å². The number of aliphatic hydroxyl groups is 1. The summed E-state index contributed by atoms with van der Waals surface area (Å²) in [7, 11) is 0. The zero-order valence-electron chi connectivity index (χ0n) is 27.9. The van der Waals surface area contributed by atoms with Gasteiger partial charge in [0, 0.05) is 5.56 Å². The quantitative estimate of drug-likeness (QED) is 0.0616. The Labute approximate surface area is 263 Å². The Hall–Kier alpha value is -3.67. The number of allylic oxidation sites excluding steroid dienone is 8. The molecule has 44 heavy (non-hydrogen) atoms. The van der Waals surface area contributed by atoms with E-state index in [2.05, 4.69) is 18.7 Å². The second kappa shape index (κ2) is 12.7. The number of fused-ring (bicyclic) bond motifs is 2. The van der Waals surface area contributed by atoms with Crippen molar-refractivity contribution in [3.8, 4) is 11.5 Å². The third-order valence-corrected chi connectivity index (χ3v) is 10.0. The monoisotopic (exact) mass is 602 g/mol. The zero-order chi connectivity index (χ0) is 33.4. The first-order valence-corrected chi connectivity index (χ1v) is 15.5. The normalized spacial score (nSPS) is 26.0. The molecule has 0 radical (unpaired) electrons. The second-order valence-corrected chi connectivity index (χ2v) is 14.3. The van der Waals surface area contributed by atoms with Crippen molar-refractivity contribution in [2.24, 2.45) is 28.1 Å². The zero-order valence-corrected chi connectivity index (χ0v) is 27.9. The van der Waals surface area contributed by atoms with Crippen molar-refractivity contribution in [3.05, 3.63) is 76.4 Å². The Morgan fingerprint density at radius 1 is 0.909 bits per heavy atom. The van der Waals surface area contributed by atoms with Gasteiger partial charge in [0.25, 0.3) is 0 Å². The number of hydrogen-bond donors (Lipinski definition) is 3. The van der Waals surface area contributed by atoms with Crippen molar-refractivity contribution in [2.45, 2.75) is 94.4 Å². The van der Waals surface area contributed by atoms with Gasteiger partial charge in [-0.05, 0) is 116 Å². The van der Waals surface area contributed by atoms with Gasteiger partial charge >= 0.3 is 0 Å². The van der Waals surface area contributed by atoms with E-state index in [1.807, 2.05) is 68.4 Å². The lowest BCUT2D eigenvalue weighted by atomic mass is 9.38. The van der Waals surface area contributed by atoms with E-state index < -0.39 is 50.6 Å². The average molecular weight is 603 g/mol. The minimum atomic E-state index is -1.62. The van der Waals surface area contributed by atoms with E-state index in [0.29, 0.717) is 12.8 Å². The molecule has 1 aromatic rings. The van der Waals surface area contributed by atoms with Gasteiger partial charge < -0.3 is 15.3 Å². The maximum absolute atomic E-state index is 15.2. The van der Waals surface area contributed by atoms with Gasteiger partial charge in [-0.1, -0.05) is 60.9 Å². The molecule has 0 saturated heterocycles. The van der Waals surface area contributed by atoms with Crippen molar-refractivity contribution < 1.29 is 29.7 Å². The molecule has 6 heteroatoms. The number of aliphatic hydroxyl groups excluding tert-OH is 1. The second-order valence-electron chi connectivity index (χ2n) is 14.3. The summed E-state index contributed by atoms with van der Waals surface area (Å²) in [5.41, 5.74) is -0.453. The summed E-state index contributed by atoms with van der Waals surface area (Å²) >= 11 is 0. The molecule has 3 N–H and O–H groups in total. The number of phenolic OH excluding ortho intramolecular Hbond substituents is 2. The van der Waals surface area contributed by atoms with E-state index in [-0.39, 0.29) is 42.4 Å². The van der Waals surface area contributed by atoms with Crippen molar-refractivity contribution in [1.29, 1.82) is 0 Å². The molecule has 238 valence electrons. The number of ketones is 3. The first-order chi connectivity index (χ1) is 20.3. The van der Waals surface area contributed by atoms with E-state index in [0.717, 1.165) is 28.4 Å². The standard InChI is InChI=1S/C38H50O6/c1-22(2)11-13-27(25(7)8)20-37-21-28(15-12-23(3)4)36(9,10)38(35(37)44,18-17-24(5)6)34(43)31(33(37)42)32(41)26-14-16-29(39)30(40)19-26/h11-12,14,16-17,19,27-28,39-41H,7,13,15,18,20-21H2,1-6,8-10H3/b32-31+/t27-,28+,37-,38+/m0/s1. The van der Waals surface area contributed by atoms with Gasteiger partial charge in [-0.25, -0.2) is 0 Å². The van der Waals surface area contributed by atoms with Gasteiger partial charge in [-0.15, -0.1) is 0 Å². The lowest BCUT2D eigenvalue weighted by molar-refractivity contribution is -0.177. The number of hydrogen-bond acceptors (Lipinski definition) is 6. The molecular formula is C38H50O6. The highest BCUT2D eigenvalue weighted by atomic mass is 16.3. The maximum atomic E-state index is 15.2. The molecule has 2 aliphatic carbocycles. The molecule has 3 rings (SSSR count). The van der Waals surface area contributed by atoms with E-state index in [1.165, 1.54) is 12.1 Å². The third kappa shape index (κ3) is 6.00. The van der Waals surface area contributed by atoms with Crippen molar-refractivity contribution >= 4 is 23.1 Å². The molecule has 2 aliphatic rings. The molecule has 2 bridgehead atoms. The van der Waals surface area contributed by atoms with Gasteiger partial charge in [0.1, 0.15) is 16.7 Å². The first kappa shape index (κ1) is 34.8. The average Bonchev–Trinajstić information content (AvgIpc) is 2.91. The molecule has 0 heterocycles. The van der Waals surface area contributed by atoms with Crippen LogP contribution in [0.3, 0.4) is 0 Å². The summed E-state index contributed by atoms with van der Waals surface area (Å²) < 4.78 is 0. The molecule has 6 nitrogen and oxygen atoms in total. The maximum Gasteiger partial charge on any atom is 0.184 e. The van der Waals surface area contributed by atoms with Crippen LogP contribution in [0.25, 0.3) is 5.76 Å². The summed E-state index contributed by atoms with van der Waals surface area (Å²) in [5.74, 6) is -3.61. The predicted molar refractivity (Wildman–Crippen MR) is 176 cm³/mol. The molecule has 1 aromatic carbocycles. The number of rotatable bonds is 10. The largest absolute Gasteiger partial charge is 0.506 e. The van der Waals surface area contributed by atoms with Crippen LogP contribution in [0.15, 0.2) is 70.9 Å². The number of carbonyl (C=O) groups excluding carboxylic acids is 3. The Balaban J connectivity index is 2.47. The molecule has 0 spiro atoms. The van der Waals surface area contributed by atoms with E-state index >= 15 is 4.79 Å². The lowest BCUT2D eigenvalue weighted by Crippen LogP contribution is -2.69. The fraction of sp³-hybridized carbons (Fsp3) is 0.500. The fourth-order valence-electron chi connectivity index (χ4n) is 7.08. The number of Topliss-reactive ketones (excluding diaryl/α,β-unsaturated/α-hetero) is 3. The van der Waals surface area contributed by atoms with Crippen LogP contribution < -0.4 is 0 Å². The van der Waals surface area contributed by atoms with Gasteiger partial charge in [-0.2, -0.15) is 0 Å². The highest BCUT2D eigenvalue weighted by Gasteiger charge is 2.74. The van der Waals surface area contributed by atoms with E-state index in [4.69, 9.17) is 0 Å². The molecule has 2 saturated carbocycles. The summed E-state index contributed by atoms with van der Waals surface area (Å²) in [5, 5.41) is 31.7. The van der Waals surface area contributed by atoms with Crippen molar-refractivity contribution in [3.63, 3.8) is 0 Å². The van der Waals surface area contributed by atoms with Gasteiger partial charge in [0.05, 0.1) is 5.41 Å². The van der Waals surface area contributed by atoms with Gasteiger partial charge in [0.2, 0.25) is 0 Å². The molecule has 0 aliphatic heterocycles. The van der Waals surface area contributed by atoms with Crippen molar-refractivity contribution in [2.75, 3.05) is 0 Å². The van der Waals surface area contributed by atoms with Crippen LogP contribution in [0.5, 0.6) is 11.5 Å². The Bertz CT molecular complexity index is 1490. The van der Waals surface area contributed by atoms with Crippen LogP contribution in [0.1, 0.15) is 100.0 Å². The number of aromatic hydroxyl groups is 2. The van der Waals surface area contributed by atoms with Crippen LogP contribution in [-0.4, -0.2) is 32.7 Å². The van der Waals surface area contributed by atoms with Crippen LogP contribution in [0.2, 0.25) is 0 Å². The number of benzene rings is 1. The SMILES string of the molecule is C=C(C)[C@@H](CC=C(C)C)C[C@]12C[C@@H](CC=C(C)C)C(C)(C)[C@](CC=C(C)C)(C(=O)/C(=C(/O)c3ccc(O)c(O)c3)C1=O)C2=O. The summed E-state index contributed by atoms with van der Waals surface area (Å²) in [6.07, 6.45) is 7.79. The molecule has 0 amide bonds. The van der Waals surface area contributed by atoms with E-state index in [1.54, 1.807) is 0 Å².